The molecule has 33 heavy (non-hydrogen) atoms. The first-order valence-electron chi connectivity index (χ1n) is 10.4. The molecule has 0 radical (unpaired) electrons. The summed E-state index contributed by atoms with van der Waals surface area (Å²) in [5, 5.41) is 12.7. The summed E-state index contributed by atoms with van der Waals surface area (Å²) in [4.78, 5) is 14.2. The van der Waals surface area contributed by atoms with Gasteiger partial charge < -0.3 is 20.9 Å². The van der Waals surface area contributed by atoms with E-state index in [9.17, 15) is 4.21 Å². The summed E-state index contributed by atoms with van der Waals surface area (Å²) in [6.07, 6.45) is 4.07. The molecule has 0 saturated heterocycles. The lowest BCUT2D eigenvalue weighted by molar-refractivity contribution is 0.200. The highest BCUT2D eigenvalue weighted by molar-refractivity contribution is 7.87. The summed E-state index contributed by atoms with van der Waals surface area (Å²) in [6.45, 7) is 0.927. The predicted octanol–water partition coefficient (Wildman–Crippen LogP) is 3.55. The van der Waals surface area contributed by atoms with Crippen molar-refractivity contribution in [2.75, 3.05) is 43.7 Å². The molecule has 0 aliphatic heterocycles. The average Bonchev–Trinajstić information content (AvgIpc) is 3.19. The minimum Gasteiger partial charge on any atom is -0.396 e. The van der Waals surface area contributed by atoms with Gasteiger partial charge in [0.2, 0.25) is 5.95 Å². The molecule has 1 unspecified atom stereocenters. The number of pyridine rings is 1. The second kappa shape index (κ2) is 10.8. The molecule has 0 fully saturated rings. The number of nitrogens with two attached hydrogens (primary N) is 1. The Labute approximate surface area is 198 Å². The zero-order valence-corrected chi connectivity index (χ0v) is 19.8. The second-order valence-electron chi connectivity index (χ2n) is 7.25. The lowest BCUT2D eigenvalue weighted by atomic mass is 10.0. The first kappa shape index (κ1) is 23.2. The van der Waals surface area contributed by atoms with E-state index in [1.807, 2.05) is 36.4 Å². The summed E-state index contributed by atoms with van der Waals surface area (Å²) in [6, 6.07) is 11.9. The molecule has 0 aliphatic rings. The highest BCUT2D eigenvalue weighted by atomic mass is 32.2. The van der Waals surface area contributed by atoms with Gasteiger partial charge in [-0.15, -0.1) is 11.3 Å². The molecule has 172 valence electrons. The molecule has 4 aromatic rings. The molecule has 0 spiro atoms. The summed E-state index contributed by atoms with van der Waals surface area (Å²) >= 11 is 1.36. The summed E-state index contributed by atoms with van der Waals surface area (Å²) in [7, 11) is 0.401. The Bertz CT molecular complexity index is 1250. The molecular weight excluding hydrogens is 458 g/mol. The molecule has 1 atom stereocenters. The Kier molecular flexibility index (Phi) is 7.61. The Hall–Kier alpha value is -2.92. The van der Waals surface area contributed by atoms with E-state index in [1.54, 1.807) is 19.5 Å². The molecule has 8 nitrogen and oxygen atoms in total. The monoisotopic (exact) mass is 483 g/mol. The van der Waals surface area contributed by atoms with Gasteiger partial charge >= 0.3 is 0 Å². The first-order chi connectivity index (χ1) is 16.1. The zero-order chi connectivity index (χ0) is 23.2. The van der Waals surface area contributed by atoms with E-state index >= 15 is 0 Å². The molecule has 0 amide bonds. The number of hydrogen-bond acceptors (Lipinski definition) is 9. The number of benzene rings is 1. The van der Waals surface area contributed by atoms with Crippen molar-refractivity contribution in [2.45, 2.75) is 10.6 Å². The van der Waals surface area contributed by atoms with Crippen LogP contribution in [0.25, 0.3) is 32.6 Å². The standard InChI is InChI=1S/C23H25N5O3S2/c1-31-10-5-11-33(30)22-20(24)19-17(15-6-3-2-4-7-15)12-18(28-21(19)32-22)16-13-26-23(27-14-16)25-8-9-29/h2-4,6-7,12-14,29H,5,8-11,24H2,1H3,(H,25,26,27). The van der Waals surface area contributed by atoms with Crippen LogP contribution in [0.15, 0.2) is 53.0 Å². The minimum absolute atomic E-state index is 0.00125. The fraction of sp³-hybridized carbons (Fsp3) is 0.261. The van der Waals surface area contributed by atoms with Crippen LogP contribution in [0.3, 0.4) is 0 Å². The van der Waals surface area contributed by atoms with E-state index in [2.05, 4.69) is 15.3 Å². The average molecular weight is 484 g/mol. The Morgan fingerprint density at radius 3 is 2.64 bits per heavy atom. The molecule has 4 rings (SSSR count). The number of ether oxygens (including phenoxy) is 1. The number of aliphatic hydroxyl groups is 1. The Balaban J connectivity index is 1.80. The van der Waals surface area contributed by atoms with Gasteiger partial charge in [0.05, 0.1) is 28.8 Å². The van der Waals surface area contributed by atoms with Crippen molar-refractivity contribution in [2.24, 2.45) is 0 Å². The number of hydrogen-bond donors (Lipinski definition) is 3. The fourth-order valence-corrected chi connectivity index (χ4v) is 6.03. The predicted molar refractivity (Wildman–Crippen MR) is 134 cm³/mol. The number of aromatic nitrogens is 3. The maximum Gasteiger partial charge on any atom is 0.222 e. The van der Waals surface area contributed by atoms with Crippen molar-refractivity contribution in [3.8, 4) is 22.4 Å². The van der Waals surface area contributed by atoms with Crippen LogP contribution in [-0.4, -0.2) is 56.9 Å². The van der Waals surface area contributed by atoms with Gasteiger partial charge in [0.1, 0.15) is 9.04 Å². The summed E-state index contributed by atoms with van der Waals surface area (Å²) < 4.78 is 18.7. The van der Waals surface area contributed by atoms with Gasteiger partial charge in [0.15, 0.2) is 0 Å². The third-order valence-electron chi connectivity index (χ3n) is 4.98. The maximum absolute atomic E-state index is 12.9. The van der Waals surface area contributed by atoms with E-state index in [-0.39, 0.29) is 6.61 Å². The number of nitrogen functional groups attached to an aromatic ring is 1. The summed E-state index contributed by atoms with van der Waals surface area (Å²) in [5.41, 5.74) is 10.4. The molecule has 3 aromatic heterocycles. The van der Waals surface area contributed by atoms with Crippen LogP contribution < -0.4 is 11.1 Å². The smallest absolute Gasteiger partial charge is 0.222 e. The Morgan fingerprint density at radius 1 is 1.18 bits per heavy atom. The zero-order valence-electron chi connectivity index (χ0n) is 18.2. The number of nitrogens with zero attached hydrogens (tertiary/aromatic N) is 3. The van der Waals surface area contributed by atoms with Crippen LogP contribution in [0.1, 0.15) is 6.42 Å². The third-order valence-corrected chi connectivity index (χ3v) is 7.97. The largest absolute Gasteiger partial charge is 0.396 e. The highest BCUT2D eigenvalue weighted by Gasteiger charge is 2.21. The van der Waals surface area contributed by atoms with Crippen molar-refractivity contribution in [1.29, 1.82) is 0 Å². The number of thiophene rings is 1. The van der Waals surface area contributed by atoms with Gasteiger partial charge in [0.25, 0.3) is 0 Å². The number of fused-ring (bicyclic) bond motifs is 1. The van der Waals surface area contributed by atoms with E-state index in [0.29, 0.717) is 46.9 Å². The Morgan fingerprint density at radius 2 is 1.94 bits per heavy atom. The van der Waals surface area contributed by atoms with E-state index < -0.39 is 10.8 Å². The molecule has 0 saturated carbocycles. The normalized spacial score (nSPS) is 12.2. The molecule has 4 N–H and O–H groups in total. The number of methoxy groups -OCH3 is 1. The second-order valence-corrected chi connectivity index (χ2v) is 10.0. The van der Waals surface area contributed by atoms with Crippen molar-refractivity contribution < 1.29 is 14.1 Å². The van der Waals surface area contributed by atoms with E-state index in [0.717, 1.165) is 26.9 Å². The van der Waals surface area contributed by atoms with Crippen LogP contribution >= 0.6 is 11.3 Å². The SMILES string of the molecule is COCCCS(=O)c1sc2nc(-c3cnc(NCCO)nc3)cc(-c3ccccc3)c2c1N. The van der Waals surface area contributed by atoms with Crippen LogP contribution in [0.2, 0.25) is 0 Å². The van der Waals surface area contributed by atoms with Crippen LogP contribution in [0.4, 0.5) is 11.6 Å². The highest BCUT2D eigenvalue weighted by Crippen LogP contribution is 2.42. The lowest BCUT2D eigenvalue weighted by Crippen LogP contribution is -2.08. The number of anilines is 2. The molecule has 10 heteroatoms. The van der Waals surface area contributed by atoms with Gasteiger partial charge in [-0.25, -0.2) is 15.0 Å². The molecule has 1 aromatic carbocycles. The fourth-order valence-electron chi connectivity index (χ4n) is 3.41. The van der Waals surface area contributed by atoms with Crippen molar-refractivity contribution >= 4 is 44.0 Å². The molecule has 0 aliphatic carbocycles. The molecular formula is C23H25N5O3S2. The quantitative estimate of drug-likeness (QED) is 0.293. The lowest BCUT2D eigenvalue weighted by Gasteiger charge is -2.09. The van der Waals surface area contributed by atoms with Crippen LogP contribution in [-0.2, 0) is 15.5 Å². The van der Waals surface area contributed by atoms with Crippen molar-refractivity contribution in [1.82, 2.24) is 15.0 Å². The van der Waals surface area contributed by atoms with Gasteiger partial charge in [-0.05, 0) is 23.6 Å². The van der Waals surface area contributed by atoms with Crippen LogP contribution in [0.5, 0.6) is 0 Å². The van der Waals surface area contributed by atoms with Gasteiger partial charge in [0, 0.05) is 49.4 Å². The molecule has 3 heterocycles. The third kappa shape index (κ3) is 5.19. The van der Waals surface area contributed by atoms with E-state index in [1.165, 1.54) is 11.3 Å². The molecule has 0 bridgehead atoms. The van der Waals surface area contributed by atoms with Crippen molar-refractivity contribution in [3.05, 3.63) is 48.8 Å². The van der Waals surface area contributed by atoms with Crippen molar-refractivity contribution in [3.63, 3.8) is 0 Å². The maximum atomic E-state index is 12.9. The van der Waals surface area contributed by atoms with E-state index in [4.69, 9.17) is 20.6 Å². The van der Waals surface area contributed by atoms with Gasteiger partial charge in [-0.2, -0.15) is 0 Å². The number of aliphatic hydroxyl groups excluding tert-OH is 1. The first-order valence-corrected chi connectivity index (χ1v) is 12.6. The minimum atomic E-state index is -1.23. The summed E-state index contributed by atoms with van der Waals surface area (Å²) in [5.74, 6) is 0.917. The van der Waals surface area contributed by atoms with Crippen LogP contribution in [0, 0.1) is 0 Å². The topological polar surface area (TPSA) is 123 Å². The van der Waals surface area contributed by atoms with Gasteiger partial charge in [-0.3, -0.25) is 4.21 Å². The number of nitrogens with one attached hydrogen (secondary N) is 1. The number of rotatable bonds is 10. The van der Waals surface area contributed by atoms with Gasteiger partial charge in [-0.1, -0.05) is 30.3 Å².